The molecule has 5 nitrogen and oxygen atoms in total. The lowest BCUT2D eigenvalue weighted by molar-refractivity contribution is -0.397. The minimum atomic E-state index is -4.49. The van der Waals surface area contributed by atoms with Crippen LogP contribution >= 0.6 is 22.9 Å². The first-order chi connectivity index (χ1) is 14.9. The maximum absolute atomic E-state index is 13.1. The highest BCUT2D eigenvalue weighted by atomic mass is 35.5. The third-order valence-corrected chi connectivity index (χ3v) is 7.83. The standard InChI is InChI=1S/C21H18ClF3N2O3S2/c1-20(2)11-16(14-5-3-12(9-17(14)22)21(23,24)25)15-6-4-13(10-18(15)30-20)32(28,29)27-19-26-7-8-31-19/h3-10,16H,11H2,1-2H3,(H,26,27)/p+1. The first-order valence-corrected chi connectivity index (χ1v) is 12.4. The molecule has 3 aromatic rings. The van der Waals surface area contributed by atoms with Gasteiger partial charge in [-0.2, -0.15) is 31.3 Å². The predicted octanol–water partition coefficient (Wildman–Crippen LogP) is 5.09. The Morgan fingerprint density at radius 3 is 2.53 bits per heavy atom. The highest BCUT2D eigenvalue weighted by Gasteiger charge is 2.38. The number of alkyl halides is 3. The van der Waals surface area contributed by atoms with Gasteiger partial charge in [-0.15, -0.1) is 0 Å². The molecule has 0 radical (unpaired) electrons. The average molecular weight is 504 g/mol. The number of ether oxygens (including phenoxy) is 1. The van der Waals surface area contributed by atoms with Gasteiger partial charge in [0, 0.05) is 34.1 Å². The number of fused-ring (bicyclic) bond motifs is 1. The Hall–Kier alpha value is -2.14. The molecule has 32 heavy (non-hydrogen) atoms. The largest absolute Gasteiger partial charge is 0.487 e. The quantitative estimate of drug-likeness (QED) is 0.538. The fourth-order valence-corrected chi connectivity index (χ4v) is 6.05. The van der Waals surface area contributed by atoms with Crippen LogP contribution in [0.2, 0.25) is 5.02 Å². The molecule has 0 saturated carbocycles. The van der Waals surface area contributed by atoms with E-state index in [4.69, 9.17) is 16.3 Å². The minimum absolute atomic E-state index is 0.00211. The number of hydrogen-bond donors (Lipinski definition) is 1. The second kappa shape index (κ2) is 8.02. The van der Waals surface area contributed by atoms with Crippen molar-refractivity contribution in [3.05, 3.63) is 69.7 Å². The molecule has 1 aliphatic heterocycles. The Balaban J connectivity index is 1.75. The van der Waals surface area contributed by atoms with Crippen LogP contribution in [0.5, 0.6) is 5.75 Å². The fourth-order valence-electron chi connectivity index (χ4n) is 3.77. The molecule has 1 aromatic heterocycles. The number of nitrogens with two attached hydrogens (primary N) is 1. The van der Waals surface area contributed by atoms with E-state index < -0.39 is 27.4 Å². The van der Waals surface area contributed by atoms with Crippen LogP contribution in [-0.4, -0.2) is 19.0 Å². The Morgan fingerprint density at radius 1 is 1.19 bits per heavy atom. The van der Waals surface area contributed by atoms with E-state index in [-0.39, 0.29) is 15.8 Å². The van der Waals surface area contributed by atoms with E-state index in [1.807, 2.05) is 13.8 Å². The number of quaternary nitrogens is 1. The van der Waals surface area contributed by atoms with Crippen LogP contribution in [0.1, 0.15) is 42.9 Å². The number of benzene rings is 2. The van der Waals surface area contributed by atoms with Crippen LogP contribution in [0.15, 0.2) is 52.9 Å². The lowest BCUT2D eigenvalue weighted by Crippen LogP contribution is -2.81. The summed E-state index contributed by atoms with van der Waals surface area (Å²) in [6.07, 6.45) is -2.52. The maximum Gasteiger partial charge on any atom is 0.416 e. The summed E-state index contributed by atoms with van der Waals surface area (Å²) in [6, 6.07) is 7.84. The second-order valence-electron chi connectivity index (χ2n) is 8.09. The molecule has 170 valence electrons. The van der Waals surface area contributed by atoms with Gasteiger partial charge < -0.3 is 4.74 Å². The van der Waals surface area contributed by atoms with Gasteiger partial charge in [0.15, 0.2) is 0 Å². The van der Waals surface area contributed by atoms with Gasteiger partial charge in [0.2, 0.25) is 0 Å². The predicted molar refractivity (Wildman–Crippen MR) is 115 cm³/mol. The molecule has 0 saturated heterocycles. The van der Waals surface area contributed by atoms with Crippen molar-refractivity contribution in [3.63, 3.8) is 0 Å². The van der Waals surface area contributed by atoms with Crippen LogP contribution in [0.3, 0.4) is 0 Å². The number of thiazole rings is 1. The van der Waals surface area contributed by atoms with Crippen molar-refractivity contribution in [1.29, 1.82) is 0 Å². The van der Waals surface area contributed by atoms with E-state index in [9.17, 15) is 21.6 Å². The van der Waals surface area contributed by atoms with Gasteiger partial charge in [-0.25, -0.2) is 0 Å². The summed E-state index contributed by atoms with van der Waals surface area (Å²) in [5.74, 6) is -0.000872. The smallest absolute Gasteiger partial charge is 0.416 e. The molecule has 11 heteroatoms. The molecule has 2 aromatic carbocycles. The van der Waals surface area contributed by atoms with Gasteiger partial charge in [0.05, 0.1) is 5.56 Å². The van der Waals surface area contributed by atoms with E-state index in [0.29, 0.717) is 28.4 Å². The topological polar surface area (TPSA) is 72.9 Å². The van der Waals surface area contributed by atoms with E-state index >= 15 is 0 Å². The summed E-state index contributed by atoms with van der Waals surface area (Å²) in [5, 5.41) is 2.04. The zero-order chi connectivity index (χ0) is 23.3. The number of nitrogens with zero attached hydrogens (tertiary/aromatic N) is 1. The highest BCUT2D eigenvalue weighted by molar-refractivity contribution is 7.85. The SMILES string of the molecule is CC1(C)CC(c2ccc(C(F)(F)F)cc2Cl)c2ccc(S(=O)(=O)[NH2+]c3nccs3)cc2O1. The van der Waals surface area contributed by atoms with Gasteiger partial charge in [-0.3, -0.25) is 0 Å². The van der Waals surface area contributed by atoms with Gasteiger partial charge >= 0.3 is 16.2 Å². The van der Waals surface area contributed by atoms with Crippen molar-refractivity contribution < 1.29 is 31.0 Å². The monoisotopic (exact) mass is 503 g/mol. The van der Waals surface area contributed by atoms with Crippen molar-refractivity contribution in [2.45, 2.75) is 42.9 Å². The molecule has 2 N–H and O–H groups in total. The third kappa shape index (κ3) is 4.63. The first-order valence-electron chi connectivity index (χ1n) is 9.55. The molecule has 2 heterocycles. The van der Waals surface area contributed by atoms with Crippen molar-refractivity contribution in [2.24, 2.45) is 0 Å². The third-order valence-electron chi connectivity index (χ3n) is 5.18. The van der Waals surface area contributed by atoms with Crippen molar-refractivity contribution in [2.75, 3.05) is 0 Å². The molecule has 4 rings (SSSR count). The van der Waals surface area contributed by atoms with Gasteiger partial charge in [0.1, 0.15) is 16.2 Å². The maximum atomic E-state index is 13.1. The van der Waals surface area contributed by atoms with E-state index in [2.05, 4.69) is 4.98 Å². The summed E-state index contributed by atoms with van der Waals surface area (Å²) >= 11 is 7.47. The summed E-state index contributed by atoms with van der Waals surface area (Å²) in [7, 11) is -3.77. The van der Waals surface area contributed by atoms with Crippen LogP contribution in [-0.2, 0) is 16.2 Å². The lowest BCUT2D eigenvalue weighted by atomic mass is 9.80. The number of primary sulfonamides is 1. The van der Waals surface area contributed by atoms with Gasteiger partial charge in [0.25, 0.3) is 5.13 Å². The fraction of sp³-hybridized carbons (Fsp3) is 0.286. The van der Waals surface area contributed by atoms with Gasteiger partial charge in [-0.05, 0) is 44.0 Å². The molecular weight excluding hydrogens is 485 g/mol. The number of hydrogen-bond acceptors (Lipinski definition) is 5. The molecule has 1 atom stereocenters. The number of rotatable bonds is 4. The van der Waals surface area contributed by atoms with Crippen molar-refractivity contribution >= 4 is 38.1 Å². The summed E-state index contributed by atoms with van der Waals surface area (Å²) in [4.78, 5) is 4.02. The Kier molecular flexibility index (Phi) is 5.77. The Morgan fingerprint density at radius 2 is 1.91 bits per heavy atom. The molecular formula is C21H19ClF3N2O3S2+. The number of sulfonamides is 1. The second-order valence-corrected chi connectivity index (χ2v) is 11.2. The van der Waals surface area contributed by atoms with Crippen LogP contribution in [0, 0.1) is 0 Å². The van der Waals surface area contributed by atoms with E-state index in [1.54, 1.807) is 11.4 Å². The van der Waals surface area contributed by atoms with Crippen molar-refractivity contribution in [1.82, 2.24) is 4.98 Å². The van der Waals surface area contributed by atoms with E-state index in [1.165, 1.54) is 35.7 Å². The minimum Gasteiger partial charge on any atom is -0.487 e. The first kappa shape index (κ1) is 23.0. The molecule has 0 bridgehead atoms. The van der Waals surface area contributed by atoms with Crippen molar-refractivity contribution in [3.8, 4) is 5.75 Å². The summed E-state index contributed by atoms with van der Waals surface area (Å²) in [6.45, 7) is 3.67. The van der Waals surface area contributed by atoms with Crippen LogP contribution in [0.25, 0.3) is 0 Å². The molecule has 0 aliphatic carbocycles. The normalized spacial score (nSPS) is 18.1. The lowest BCUT2D eigenvalue weighted by Gasteiger charge is -2.38. The summed E-state index contributed by atoms with van der Waals surface area (Å²) in [5.41, 5.74) is -0.316. The zero-order valence-corrected chi connectivity index (χ0v) is 19.4. The molecule has 1 unspecified atom stereocenters. The molecule has 0 fully saturated rings. The zero-order valence-electron chi connectivity index (χ0n) is 17.0. The molecule has 0 amide bonds. The molecule has 1 aliphatic rings. The van der Waals surface area contributed by atoms with Gasteiger partial charge in [-0.1, -0.05) is 35.1 Å². The number of aromatic nitrogens is 1. The Labute approximate surface area is 192 Å². The summed E-state index contributed by atoms with van der Waals surface area (Å²) < 4.78 is 71.9. The van der Waals surface area contributed by atoms with Crippen LogP contribution < -0.4 is 9.46 Å². The Bertz CT molecular complexity index is 1260. The molecule has 0 spiro atoms. The average Bonchev–Trinajstić information content (AvgIpc) is 3.17. The van der Waals surface area contributed by atoms with E-state index in [0.717, 1.165) is 16.9 Å². The number of halogens is 4. The highest BCUT2D eigenvalue weighted by Crippen LogP contribution is 2.47. The van der Waals surface area contributed by atoms with Crippen LogP contribution in [0.4, 0.5) is 18.3 Å².